The third-order valence-electron chi connectivity index (χ3n) is 5.47. The van der Waals surface area contributed by atoms with Crippen molar-refractivity contribution in [2.24, 2.45) is 5.73 Å². The van der Waals surface area contributed by atoms with Gasteiger partial charge in [-0.15, -0.1) is 0 Å². The van der Waals surface area contributed by atoms with Crippen molar-refractivity contribution in [1.82, 2.24) is 9.97 Å². The molecule has 31 heavy (non-hydrogen) atoms. The Morgan fingerprint density at radius 3 is 2.48 bits per heavy atom. The van der Waals surface area contributed by atoms with Crippen molar-refractivity contribution >= 4 is 35.6 Å². The average Bonchev–Trinajstić information content (AvgIpc) is 2.79. The minimum Gasteiger partial charge on any atom is -0.404 e. The molecular weight excluding hydrogens is 400 g/mol. The van der Waals surface area contributed by atoms with Gasteiger partial charge in [-0.3, -0.25) is 0 Å². The van der Waals surface area contributed by atoms with Gasteiger partial charge in [0.25, 0.3) is 0 Å². The van der Waals surface area contributed by atoms with E-state index in [4.69, 9.17) is 16.6 Å². The normalized spacial score (nSPS) is 14.9. The van der Waals surface area contributed by atoms with E-state index in [0.29, 0.717) is 47.2 Å². The van der Waals surface area contributed by atoms with E-state index in [-0.39, 0.29) is 6.04 Å². The topological polar surface area (TPSA) is 106 Å². The van der Waals surface area contributed by atoms with Gasteiger partial charge in [-0.1, -0.05) is 6.58 Å². The number of rotatable bonds is 7. The predicted molar refractivity (Wildman–Crippen MR) is 121 cm³/mol. The van der Waals surface area contributed by atoms with Crippen LogP contribution in [0.3, 0.4) is 0 Å². The molecule has 1 aliphatic rings. The van der Waals surface area contributed by atoms with E-state index >= 15 is 0 Å². The van der Waals surface area contributed by atoms with Crippen molar-refractivity contribution in [3.05, 3.63) is 59.7 Å². The maximum absolute atomic E-state index is 14.2. The molecule has 1 saturated heterocycles. The molecule has 0 unspecified atom stereocenters. The fraction of sp³-hybridized carbons (Fsp3) is 0.273. The Kier molecular flexibility index (Phi) is 6.74. The standard InChI is InChI=1S/C22H25F2N7/c1-3-18-19(13-27)28-21(14(11-25)12-26)22(29-18)31-8-6-16(7-9-31)30(2)20-5-4-15(23)10-17(20)24/h3-5,10-13,16,25,27H,1,6-9,26H2,2H3/b14-12+,25-11?,27-13?. The van der Waals surface area contributed by atoms with Crippen molar-refractivity contribution in [2.45, 2.75) is 18.9 Å². The van der Waals surface area contributed by atoms with E-state index < -0.39 is 11.6 Å². The van der Waals surface area contributed by atoms with Crippen LogP contribution in [0.5, 0.6) is 0 Å². The lowest BCUT2D eigenvalue weighted by molar-refractivity contribution is 0.473. The van der Waals surface area contributed by atoms with Crippen molar-refractivity contribution in [1.29, 1.82) is 10.8 Å². The molecule has 162 valence electrons. The molecule has 0 radical (unpaired) electrons. The molecule has 0 atom stereocenters. The van der Waals surface area contributed by atoms with Crippen LogP contribution < -0.4 is 15.5 Å². The first-order valence-electron chi connectivity index (χ1n) is 9.84. The minimum atomic E-state index is -0.600. The summed E-state index contributed by atoms with van der Waals surface area (Å²) in [6, 6.07) is 3.67. The lowest BCUT2D eigenvalue weighted by atomic mass is 10.0. The molecule has 1 aliphatic heterocycles. The Morgan fingerprint density at radius 1 is 1.23 bits per heavy atom. The van der Waals surface area contributed by atoms with E-state index in [0.717, 1.165) is 31.3 Å². The zero-order chi connectivity index (χ0) is 22.5. The summed E-state index contributed by atoms with van der Waals surface area (Å²) in [7, 11) is 1.81. The van der Waals surface area contributed by atoms with Gasteiger partial charge in [0, 0.05) is 56.4 Å². The first-order chi connectivity index (χ1) is 14.9. The van der Waals surface area contributed by atoms with Gasteiger partial charge in [-0.25, -0.2) is 18.7 Å². The molecule has 3 rings (SSSR count). The molecular formula is C22H25F2N7. The first-order valence-corrected chi connectivity index (χ1v) is 9.84. The second kappa shape index (κ2) is 9.46. The number of nitrogens with zero attached hydrogens (tertiary/aromatic N) is 4. The first kappa shape index (κ1) is 22.1. The van der Waals surface area contributed by atoms with Crippen molar-refractivity contribution in [3.63, 3.8) is 0 Å². The number of piperidine rings is 1. The van der Waals surface area contributed by atoms with Crippen LogP contribution in [0.4, 0.5) is 20.3 Å². The van der Waals surface area contributed by atoms with Crippen LogP contribution in [0.25, 0.3) is 11.6 Å². The number of hydrogen-bond donors (Lipinski definition) is 3. The quantitative estimate of drug-likeness (QED) is 0.589. The highest BCUT2D eigenvalue weighted by Gasteiger charge is 2.27. The summed E-state index contributed by atoms with van der Waals surface area (Å²) in [6.07, 6.45) is 6.46. The molecule has 0 spiro atoms. The molecule has 1 aromatic carbocycles. The van der Waals surface area contributed by atoms with E-state index in [9.17, 15) is 8.78 Å². The Labute approximate surface area is 179 Å². The van der Waals surface area contributed by atoms with Crippen molar-refractivity contribution < 1.29 is 8.78 Å². The minimum absolute atomic E-state index is 0.0691. The molecule has 9 heteroatoms. The van der Waals surface area contributed by atoms with Crippen LogP contribution in [0, 0.1) is 22.5 Å². The van der Waals surface area contributed by atoms with Crippen molar-refractivity contribution in [2.75, 3.05) is 29.9 Å². The zero-order valence-corrected chi connectivity index (χ0v) is 17.3. The lowest BCUT2D eigenvalue weighted by Crippen LogP contribution is -2.44. The van der Waals surface area contributed by atoms with Gasteiger partial charge in [0.05, 0.1) is 11.4 Å². The average molecular weight is 425 g/mol. The monoisotopic (exact) mass is 425 g/mol. The Balaban J connectivity index is 1.86. The number of halogens is 2. The SMILES string of the molecule is C=Cc1nc(N2CCC(N(C)c3ccc(F)cc3F)CC2)c(/C(C=N)=C/N)nc1C=N. The summed E-state index contributed by atoms with van der Waals surface area (Å²) >= 11 is 0. The maximum atomic E-state index is 14.2. The van der Waals surface area contributed by atoms with Gasteiger partial charge in [0.1, 0.15) is 23.0 Å². The Hall–Kier alpha value is -3.62. The number of nitrogens with two attached hydrogens (primary N) is 1. The van der Waals surface area contributed by atoms with Crippen LogP contribution in [0.2, 0.25) is 0 Å². The lowest BCUT2D eigenvalue weighted by Gasteiger charge is -2.39. The van der Waals surface area contributed by atoms with E-state index in [1.54, 1.807) is 7.05 Å². The van der Waals surface area contributed by atoms with Gasteiger partial charge in [0.2, 0.25) is 0 Å². The van der Waals surface area contributed by atoms with Gasteiger partial charge in [-0.05, 0) is 31.1 Å². The number of aromatic nitrogens is 2. The molecule has 2 heterocycles. The van der Waals surface area contributed by atoms with Crippen molar-refractivity contribution in [3.8, 4) is 0 Å². The number of anilines is 2. The molecule has 2 aromatic rings. The zero-order valence-electron chi connectivity index (χ0n) is 17.3. The molecule has 0 saturated carbocycles. The van der Waals surface area contributed by atoms with Crippen LogP contribution in [-0.2, 0) is 0 Å². The molecule has 1 aromatic heterocycles. The predicted octanol–water partition coefficient (Wildman–Crippen LogP) is 3.45. The maximum Gasteiger partial charge on any atom is 0.156 e. The smallest absolute Gasteiger partial charge is 0.156 e. The van der Waals surface area contributed by atoms with Crippen LogP contribution in [0.1, 0.15) is 29.9 Å². The summed E-state index contributed by atoms with van der Waals surface area (Å²) in [5.74, 6) is -0.619. The Bertz CT molecular complexity index is 1030. The largest absolute Gasteiger partial charge is 0.404 e. The number of benzene rings is 1. The summed E-state index contributed by atoms with van der Waals surface area (Å²) in [5.41, 5.74) is 7.69. The molecule has 0 aliphatic carbocycles. The molecule has 4 N–H and O–H groups in total. The molecule has 7 nitrogen and oxygen atoms in total. The molecule has 1 fully saturated rings. The van der Waals surface area contributed by atoms with Gasteiger partial charge in [0.15, 0.2) is 5.82 Å². The second-order valence-corrected chi connectivity index (χ2v) is 7.21. The Morgan fingerprint density at radius 2 is 1.94 bits per heavy atom. The van der Waals surface area contributed by atoms with Crippen LogP contribution >= 0.6 is 0 Å². The van der Waals surface area contributed by atoms with Gasteiger partial charge in [-0.2, -0.15) is 0 Å². The van der Waals surface area contributed by atoms with Gasteiger partial charge < -0.3 is 26.4 Å². The van der Waals surface area contributed by atoms with E-state index in [2.05, 4.69) is 16.5 Å². The number of allylic oxidation sites excluding steroid dienone is 1. The second-order valence-electron chi connectivity index (χ2n) is 7.21. The summed E-state index contributed by atoms with van der Waals surface area (Å²) in [4.78, 5) is 13.0. The fourth-order valence-electron chi connectivity index (χ4n) is 3.75. The van der Waals surface area contributed by atoms with Gasteiger partial charge >= 0.3 is 0 Å². The fourth-order valence-corrected chi connectivity index (χ4v) is 3.75. The summed E-state index contributed by atoms with van der Waals surface area (Å²) in [6.45, 7) is 4.99. The van der Waals surface area contributed by atoms with Crippen LogP contribution in [-0.4, -0.2) is 48.6 Å². The molecule has 0 bridgehead atoms. The molecule has 0 amide bonds. The summed E-state index contributed by atoms with van der Waals surface area (Å²) < 4.78 is 27.4. The number of hydrogen-bond acceptors (Lipinski definition) is 7. The highest BCUT2D eigenvalue weighted by atomic mass is 19.1. The van der Waals surface area contributed by atoms with E-state index in [1.807, 2.05) is 9.80 Å². The number of nitrogens with one attached hydrogen (secondary N) is 2. The van der Waals surface area contributed by atoms with E-state index in [1.165, 1.54) is 24.4 Å². The highest BCUT2D eigenvalue weighted by molar-refractivity contribution is 6.09. The summed E-state index contributed by atoms with van der Waals surface area (Å²) in [5, 5.41) is 15.2. The highest BCUT2D eigenvalue weighted by Crippen LogP contribution is 2.30. The third kappa shape index (κ3) is 4.45. The third-order valence-corrected chi connectivity index (χ3v) is 5.47. The van der Waals surface area contributed by atoms with Crippen LogP contribution in [0.15, 0.2) is 31.0 Å².